The highest BCUT2D eigenvalue weighted by atomic mass is 32.1. The molecule has 0 saturated heterocycles. The minimum Gasteiger partial charge on any atom is -0.358 e. The highest BCUT2D eigenvalue weighted by molar-refractivity contribution is 7.80. The van der Waals surface area contributed by atoms with Crippen molar-refractivity contribution in [3.05, 3.63) is 65.2 Å². The second-order valence-electron chi connectivity index (χ2n) is 5.92. The number of hydrogen-bond donors (Lipinski definition) is 2. The van der Waals surface area contributed by atoms with Gasteiger partial charge in [-0.05, 0) is 61.6 Å². The molecule has 2 aromatic carbocycles. The number of rotatable bonds is 6. The van der Waals surface area contributed by atoms with Crippen LogP contribution in [0.2, 0.25) is 0 Å². The van der Waals surface area contributed by atoms with E-state index in [1.165, 1.54) is 16.7 Å². The average Bonchev–Trinajstić information content (AvgIpc) is 2.54. The molecular formula is C19H25N3S. The van der Waals surface area contributed by atoms with Crippen LogP contribution in [0.5, 0.6) is 0 Å². The van der Waals surface area contributed by atoms with Crippen molar-refractivity contribution < 1.29 is 0 Å². The molecule has 0 aromatic heterocycles. The number of anilines is 1. The lowest BCUT2D eigenvalue weighted by atomic mass is 10.1. The summed E-state index contributed by atoms with van der Waals surface area (Å²) in [6.07, 6.45) is 1.02. The van der Waals surface area contributed by atoms with Crippen molar-refractivity contribution >= 4 is 23.0 Å². The maximum absolute atomic E-state index is 5.37. The Morgan fingerprint density at radius 1 is 1.00 bits per heavy atom. The van der Waals surface area contributed by atoms with Gasteiger partial charge < -0.3 is 15.5 Å². The molecule has 0 radical (unpaired) electrons. The zero-order valence-electron chi connectivity index (χ0n) is 14.1. The molecule has 0 bridgehead atoms. The van der Waals surface area contributed by atoms with Crippen molar-refractivity contribution in [2.75, 3.05) is 19.4 Å². The van der Waals surface area contributed by atoms with Crippen LogP contribution in [0.25, 0.3) is 0 Å². The van der Waals surface area contributed by atoms with Gasteiger partial charge in [-0.15, -0.1) is 0 Å². The third-order valence-electron chi connectivity index (χ3n) is 3.57. The first-order chi connectivity index (χ1) is 11.1. The lowest BCUT2D eigenvalue weighted by molar-refractivity contribution is 0.402. The van der Waals surface area contributed by atoms with Crippen LogP contribution < -0.4 is 10.6 Å². The molecule has 23 heavy (non-hydrogen) atoms. The number of thiocarbonyl (C=S) groups is 1. The molecule has 0 aliphatic heterocycles. The highest BCUT2D eigenvalue weighted by Crippen LogP contribution is 2.11. The van der Waals surface area contributed by atoms with E-state index in [2.05, 4.69) is 73.0 Å². The van der Waals surface area contributed by atoms with Gasteiger partial charge in [-0.25, -0.2) is 0 Å². The molecule has 122 valence electrons. The second kappa shape index (κ2) is 8.65. The van der Waals surface area contributed by atoms with Crippen molar-refractivity contribution in [2.45, 2.75) is 26.4 Å². The fourth-order valence-corrected chi connectivity index (χ4v) is 2.54. The van der Waals surface area contributed by atoms with Crippen LogP contribution in [0.4, 0.5) is 5.69 Å². The summed E-state index contributed by atoms with van der Waals surface area (Å²) in [5, 5.41) is 7.14. The van der Waals surface area contributed by atoms with Crippen LogP contribution in [0.15, 0.2) is 48.5 Å². The van der Waals surface area contributed by atoms with Crippen molar-refractivity contribution in [1.29, 1.82) is 0 Å². The molecule has 0 spiro atoms. The van der Waals surface area contributed by atoms with E-state index < -0.39 is 0 Å². The highest BCUT2D eigenvalue weighted by Gasteiger charge is 2.00. The number of hydrogen-bond acceptors (Lipinski definition) is 2. The molecule has 2 rings (SSSR count). The van der Waals surface area contributed by atoms with Gasteiger partial charge in [0.2, 0.25) is 0 Å². The molecule has 0 aliphatic carbocycles. The SMILES string of the molecule is CCc1cccc(NC(=S)NCc2ccc(CN(C)C)cc2)c1. The van der Waals surface area contributed by atoms with E-state index >= 15 is 0 Å². The van der Waals surface area contributed by atoms with Crippen molar-refractivity contribution in [3.63, 3.8) is 0 Å². The maximum Gasteiger partial charge on any atom is 0.171 e. The third kappa shape index (κ3) is 6.00. The Morgan fingerprint density at radius 3 is 2.35 bits per heavy atom. The van der Waals surface area contributed by atoms with E-state index in [1.807, 2.05) is 12.1 Å². The molecule has 4 heteroatoms. The van der Waals surface area contributed by atoms with Gasteiger partial charge in [-0.2, -0.15) is 0 Å². The summed E-state index contributed by atoms with van der Waals surface area (Å²) >= 11 is 5.37. The lowest BCUT2D eigenvalue weighted by Crippen LogP contribution is -2.27. The van der Waals surface area contributed by atoms with Crippen LogP contribution in [-0.4, -0.2) is 24.1 Å². The van der Waals surface area contributed by atoms with E-state index in [0.717, 1.165) is 25.2 Å². The monoisotopic (exact) mass is 327 g/mol. The summed E-state index contributed by atoms with van der Waals surface area (Å²) in [6, 6.07) is 17.0. The van der Waals surface area contributed by atoms with Crippen molar-refractivity contribution in [2.24, 2.45) is 0 Å². The van der Waals surface area contributed by atoms with Gasteiger partial charge in [0.1, 0.15) is 0 Å². The van der Waals surface area contributed by atoms with Gasteiger partial charge in [-0.3, -0.25) is 0 Å². The van der Waals surface area contributed by atoms with Crippen LogP contribution in [0, 0.1) is 0 Å². The smallest absolute Gasteiger partial charge is 0.171 e. The maximum atomic E-state index is 5.37. The molecule has 0 heterocycles. The largest absolute Gasteiger partial charge is 0.358 e. The normalized spacial score (nSPS) is 10.6. The first-order valence-electron chi connectivity index (χ1n) is 7.93. The van der Waals surface area contributed by atoms with Crippen LogP contribution in [0.1, 0.15) is 23.6 Å². The number of benzene rings is 2. The van der Waals surface area contributed by atoms with Gasteiger partial charge in [0.05, 0.1) is 0 Å². The zero-order chi connectivity index (χ0) is 16.7. The molecule has 2 N–H and O–H groups in total. The number of nitrogens with one attached hydrogen (secondary N) is 2. The fourth-order valence-electron chi connectivity index (χ4n) is 2.35. The molecule has 0 saturated carbocycles. The van der Waals surface area contributed by atoms with Gasteiger partial charge in [0, 0.05) is 18.8 Å². The predicted octanol–water partition coefficient (Wildman–Crippen LogP) is 3.80. The average molecular weight is 327 g/mol. The molecule has 0 fully saturated rings. The van der Waals surface area contributed by atoms with Gasteiger partial charge in [0.25, 0.3) is 0 Å². The van der Waals surface area contributed by atoms with Crippen LogP contribution in [0.3, 0.4) is 0 Å². The summed E-state index contributed by atoms with van der Waals surface area (Å²) in [5.74, 6) is 0. The summed E-state index contributed by atoms with van der Waals surface area (Å²) in [4.78, 5) is 2.16. The Balaban J connectivity index is 1.84. The van der Waals surface area contributed by atoms with E-state index in [-0.39, 0.29) is 0 Å². The van der Waals surface area contributed by atoms with E-state index in [1.54, 1.807) is 0 Å². The number of nitrogens with zero attached hydrogens (tertiary/aromatic N) is 1. The molecule has 3 nitrogen and oxygen atoms in total. The van der Waals surface area contributed by atoms with Gasteiger partial charge in [0.15, 0.2) is 5.11 Å². The summed E-state index contributed by atoms with van der Waals surface area (Å²) < 4.78 is 0. The number of aryl methyl sites for hydroxylation is 1. The van der Waals surface area contributed by atoms with Crippen LogP contribution >= 0.6 is 12.2 Å². The molecule has 2 aromatic rings. The van der Waals surface area contributed by atoms with E-state index in [4.69, 9.17) is 12.2 Å². The first kappa shape index (κ1) is 17.4. The minimum absolute atomic E-state index is 0.649. The second-order valence-corrected chi connectivity index (χ2v) is 6.32. The molecule has 0 atom stereocenters. The Kier molecular flexibility index (Phi) is 6.56. The van der Waals surface area contributed by atoms with Crippen molar-refractivity contribution in [3.8, 4) is 0 Å². The van der Waals surface area contributed by atoms with Gasteiger partial charge >= 0.3 is 0 Å². The Morgan fingerprint density at radius 2 is 1.70 bits per heavy atom. The first-order valence-corrected chi connectivity index (χ1v) is 8.34. The molecule has 0 amide bonds. The Hall–Kier alpha value is -1.91. The fraction of sp³-hybridized carbons (Fsp3) is 0.316. The van der Waals surface area contributed by atoms with Gasteiger partial charge in [-0.1, -0.05) is 43.3 Å². The topological polar surface area (TPSA) is 27.3 Å². The Labute approximate surface area is 144 Å². The summed E-state index contributed by atoms with van der Waals surface area (Å²) in [7, 11) is 4.15. The van der Waals surface area contributed by atoms with Crippen molar-refractivity contribution in [1.82, 2.24) is 10.2 Å². The van der Waals surface area contributed by atoms with E-state index in [0.29, 0.717) is 5.11 Å². The quantitative estimate of drug-likeness (QED) is 0.789. The molecule has 0 unspecified atom stereocenters. The molecule has 0 aliphatic rings. The van der Waals surface area contributed by atoms with E-state index in [9.17, 15) is 0 Å². The third-order valence-corrected chi connectivity index (χ3v) is 3.81. The zero-order valence-corrected chi connectivity index (χ0v) is 14.9. The minimum atomic E-state index is 0.649. The summed E-state index contributed by atoms with van der Waals surface area (Å²) in [5.41, 5.74) is 4.87. The predicted molar refractivity (Wildman–Crippen MR) is 103 cm³/mol. The lowest BCUT2D eigenvalue weighted by Gasteiger charge is -2.12. The Bertz CT molecular complexity index is 635. The standard InChI is InChI=1S/C19H25N3S/c1-4-15-6-5-7-18(12-15)21-19(23)20-13-16-8-10-17(11-9-16)14-22(2)3/h5-12H,4,13-14H2,1-3H3,(H2,20,21,23). The summed E-state index contributed by atoms with van der Waals surface area (Å²) in [6.45, 7) is 3.83. The van der Waals surface area contributed by atoms with Crippen LogP contribution in [-0.2, 0) is 19.5 Å². The molecular weight excluding hydrogens is 302 g/mol.